The van der Waals surface area contributed by atoms with Gasteiger partial charge in [-0.1, -0.05) is 248 Å². The molecule has 3 aliphatic rings. The average Bonchev–Trinajstić information content (AvgIpc) is 0.840. The predicted octanol–water partition coefficient (Wildman–Crippen LogP) is 10.3. The van der Waals surface area contributed by atoms with Crippen molar-refractivity contribution in [3.05, 3.63) is 60.8 Å². The summed E-state index contributed by atoms with van der Waals surface area (Å²) < 4.78 is 34.3. The van der Waals surface area contributed by atoms with Crippen LogP contribution >= 0.6 is 0 Å². The fourth-order valence-corrected chi connectivity index (χ4v) is 12.1. The summed E-state index contributed by atoms with van der Waals surface area (Å²) in [7, 11) is 0. The fraction of sp³-hybridized carbons (Fsp3) is 0.849. The van der Waals surface area contributed by atoms with E-state index >= 15 is 0 Å². The number of rotatable bonds is 56. The molecule has 17 unspecified atom stereocenters. The van der Waals surface area contributed by atoms with Crippen molar-refractivity contribution in [2.24, 2.45) is 0 Å². The van der Waals surface area contributed by atoms with E-state index < -0.39 is 124 Å². The predicted molar refractivity (Wildman–Crippen MR) is 360 cm³/mol. The van der Waals surface area contributed by atoms with Crippen molar-refractivity contribution in [1.29, 1.82) is 0 Å². The second-order valence-electron chi connectivity index (χ2n) is 26.0. The highest BCUT2D eigenvalue weighted by molar-refractivity contribution is 5.76. The first-order chi connectivity index (χ1) is 44.8. The molecule has 19 heteroatoms. The van der Waals surface area contributed by atoms with Crippen LogP contribution in [0, 0.1) is 0 Å². The quantitative estimate of drug-likeness (QED) is 0.0199. The minimum atomic E-state index is -1.98. The Kier molecular flexibility index (Phi) is 49.6. The van der Waals surface area contributed by atoms with E-state index in [2.05, 4.69) is 67.8 Å². The zero-order chi connectivity index (χ0) is 66.8. The fourth-order valence-electron chi connectivity index (χ4n) is 12.1. The Hall–Kier alpha value is -2.51. The highest BCUT2D eigenvalue weighted by atomic mass is 16.8. The molecule has 3 fully saturated rings. The van der Waals surface area contributed by atoms with Gasteiger partial charge in [-0.2, -0.15) is 0 Å². The number of ether oxygens (including phenoxy) is 6. The van der Waals surface area contributed by atoms with Gasteiger partial charge >= 0.3 is 0 Å². The molecule has 1 amide bonds. The first-order valence-corrected chi connectivity index (χ1v) is 36.5. The van der Waals surface area contributed by atoms with Gasteiger partial charge in [-0.3, -0.25) is 4.79 Å². The Labute approximate surface area is 554 Å². The van der Waals surface area contributed by atoms with E-state index in [9.17, 15) is 61.0 Å². The van der Waals surface area contributed by atoms with Crippen molar-refractivity contribution in [2.75, 3.05) is 26.4 Å². The summed E-state index contributed by atoms with van der Waals surface area (Å²) >= 11 is 0. The molecule has 3 rings (SSSR count). The largest absolute Gasteiger partial charge is 0.394 e. The second-order valence-corrected chi connectivity index (χ2v) is 26.0. The maximum atomic E-state index is 13.4. The third kappa shape index (κ3) is 35.7. The number of unbranched alkanes of at least 4 members (excludes halogenated alkanes) is 32. The van der Waals surface area contributed by atoms with E-state index in [1.165, 1.54) is 180 Å². The molecule has 12 N–H and O–H groups in total. The molecule has 19 nitrogen and oxygen atoms in total. The van der Waals surface area contributed by atoms with E-state index in [1.54, 1.807) is 6.08 Å². The molecule has 0 aliphatic carbocycles. The zero-order valence-corrected chi connectivity index (χ0v) is 56.8. The first-order valence-electron chi connectivity index (χ1n) is 36.5. The zero-order valence-electron chi connectivity index (χ0n) is 56.8. The third-order valence-electron chi connectivity index (χ3n) is 18.0. The topological polar surface area (TPSA) is 307 Å². The summed E-state index contributed by atoms with van der Waals surface area (Å²) in [5, 5.41) is 120. The first kappa shape index (κ1) is 83.7. The van der Waals surface area contributed by atoms with Crippen LogP contribution < -0.4 is 5.32 Å². The normalized spacial score (nSPS) is 28.0. The van der Waals surface area contributed by atoms with Gasteiger partial charge in [0.05, 0.1) is 38.6 Å². The Bertz CT molecular complexity index is 1900. The molecule has 0 spiro atoms. The minimum absolute atomic E-state index is 0.236. The summed E-state index contributed by atoms with van der Waals surface area (Å²) in [6.45, 7) is 1.70. The summed E-state index contributed by atoms with van der Waals surface area (Å²) in [4.78, 5) is 13.4. The van der Waals surface area contributed by atoms with E-state index in [4.69, 9.17) is 28.4 Å². The second kappa shape index (κ2) is 54.5. The number of amides is 1. The lowest BCUT2D eigenvalue weighted by atomic mass is 9.96. The van der Waals surface area contributed by atoms with Gasteiger partial charge in [-0.05, 0) is 70.6 Å². The molecule has 3 aliphatic heterocycles. The number of aliphatic hydroxyl groups is 11. The molecule has 92 heavy (non-hydrogen) atoms. The molecule has 536 valence electrons. The van der Waals surface area contributed by atoms with Gasteiger partial charge in [0, 0.05) is 6.42 Å². The molecule has 3 saturated heterocycles. The molecular formula is C73H131NO18. The summed E-state index contributed by atoms with van der Waals surface area (Å²) in [5.41, 5.74) is 0. The maximum absolute atomic E-state index is 13.4. The van der Waals surface area contributed by atoms with Crippen molar-refractivity contribution in [1.82, 2.24) is 5.32 Å². The smallest absolute Gasteiger partial charge is 0.220 e. The van der Waals surface area contributed by atoms with Gasteiger partial charge in [0.15, 0.2) is 18.9 Å². The lowest BCUT2D eigenvalue weighted by Gasteiger charge is -2.48. The van der Waals surface area contributed by atoms with Crippen molar-refractivity contribution in [3.8, 4) is 0 Å². The highest BCUT2D eigenvalue weighted by Crippen LogP contribution is 2.33. The van der Waals surface area contributed by atoms with Gasteiger partial charge in [-0.15, -0.1) is 0 Å². The van der Waals surface area contributed by atoms with Crippen LogP contribution in [0.1, 0.15) is 264 Å². The van der Waals surface area contributed by atoms with Crippen LogP contribution in [0.3, 0.4) is 0 Å². The molecule has 3 heterocycles. The molecule has 0 aromatic heterocycles. The number of hydrogen-bond acceptors (Lipinski definition) is 18. The van der Waals surface area contributed by atoms with E-state index in [0.29, 0.717) is 12.8 Å². The molecule has 0 radical (unpaired) electrons. The van der Waals surface area contributed by atoms with Crippen LogP contribution in [0.5, 0.6) is 0 Å². The summed E-state index contributed by atoms with van der Waals surface area (Å²) in [6, 6.07) is -0.990. The van der Waals surface area contributed by atoms with Crippen LogP contribution in [0.15, 0.2) is 60.8 Å². The Morgan fingerprint density at radius 2 is 0.728 bits per heavy atom. The van der Waals surface area contributed by atoms with Gasteiger partial charge < -0.3 is 89.9 Å². The van der Waals surface area contributed by atoms with Crippen LogP contribution in [0.2, 0.25) is 0 Å². The van der Waals surface area contributed by atoms with Gasteiger partial charge in [0.25, 0.3) is 0 Å². The minimum Gasteiger partial charge on any atom is -0.394 e. The summed E-state index contributed by atoms with van der Waals surface area (Å²) in [6.07, 6.45) is 40.8. The number of carbonyl (C=O) groups excluding carboxylic acids is 1. The highest BCUT2D eigenvalue weighted by Gasteiger charge is 2.53. The Morgan fingerprint density at radius 1 is 0.391 bits per heavy atom. The van der Waals surface area contributed by atoms with Crippen LogP contribution in [0.25, 0.3) is 0 Å². The number of carbonyl (C=O) groups is 1. The summed E-state index contributed by atoms with van der Waals surface area (Å²) in [5.74, 6) is -0.285. The van der Waals surface area contributed by atoms with E-state index in [-0.39, 0.29) is 18.9 Å². The van der Waals surface area contributed by atoms with E-state index in [1.807, 2.05) is 6.08 Å². The van der Waals surface area contributed by atoms with Crippen LogP contribution in [-0.2, 0) is 33.2 Å². The molecule has 17 atom stereocenters. The van der Waals surface area contributed by atoms with Crippen molar-refractivity contribution >= 4 is 5.91 Å². The van der Waals surface area contributed by atoms with E-state index in [0.717, 1.165) is 51.4 Å². The van der Waals surface area contributed by atoms with Crippen molar-refractivity contribution in [2.45, 2.75) is 369 Å². The molecule has 0 aromatic carbocycles. The van der Waals surface area contributed by atoms with Gasteiger partial charge in [0.1, 0.15) is 73.2 Å². The van der Waals surface area contributed by atoms with Crippen LogP contribution in [-0.4, -0.2) is 193 Å². The van der Waals surface area contributed by atoms with Crippen molar-refractivity contribution < 1.29 is 89.4 Å². The Balaban J connectivity index is 1.36. The SMILES string of the molecule is CCCCCCC/C=C\C/C=C\C/C=C\CCCCCCCCCCCCCCCCCCCCC(=O)NC(COC1OC(CO)C(OC2OC(CO)C(OC3OC(CO)C(O)C(O)C3O)C(O)C2O)C(O)C1O)C(O)/C=C/CC/C=C/CCCCCCCCCC. The number of nitrogens with one attached hydrogen (secondary N) is 1. The molecular weight excluding hydrogens is 1180 g/mol. The van der Waals surface area contributed by atoms with Gasteiger partial charge in [-0.25, -0.2) is 0 Å². The van der Waals surface area contributed by atoms with Gasteiger partial charge in [0.2, 0.25) is 5.91 Å². The molecule has 0 bridgehead atoms. The lowest BCUT2D eigenvalue weighted by molar-refractivity contribution is -0.379. The Morgan fingerprint density at radius 3 is 1.16 bits per heavy atom. The number of allylic oxidation sites excluding steroid dienone is 9. The third-order valence-corrected chi connectivity index (χ3v) is 18.0. The lowest BCUT2D eigenvalue weighted by Crippen LogP contribution is -2.66. The molecule has 0 aromatic rings. The number of aliphatic hydroxyl groups excluding tert-OH is 11. The average molecular weight is 1310 g/mol. The monoisotopic (exact) mass is 1310 g/mol. The number of hydrogen-bond donors (Lipinski definition) is 12. The van der Waals surface area contributed by atoms with Crippen molar-refractivity contribution in [3.63, 3.8) is 0 Å². The van der Waals surface area contributed by atoms with Crippen LogP contribution in [0.4, 0.5) is 0 Å². The standard InChI is InChI=1S/C73H131NO18/c1-3-5-7-9-11-13-15-17-19-20-21-22-23-24-25-26-27-28-29-30-31-32-33-34-35-36-37-39-41-43-45-47-49-51-61(79)74-56(57(78)50-48-46-44-42-40-38-18-16-14-12-10-8-6-4-2)55-87-71-67(85)64(82)69(59(53-76)89-71)92-73-68(86)65(83)70(60(54-77)90-73)91-72-66(84)63(81)62(80)58(52-75)88-72/h15,17,20-21,23-24,40,42,48,50,56-60,62-73,75-78,80-86H,3-14,16,18-19,22,25-39,41,43-47,49,51-55H2,1-2H3,(H,74,79)/b17-15-,21-20-,24-23-,42-40+,50-48+. The molecule has 0 saturated carbocycles. The maximum Gasteiger partial charge on any atom is 0.220 e.